The van der Waals surface area contributed by atoms with Crippen LogP contribution in [0.25, 0.3) is 0 Å². The van der Waals surface area contributed by atoms with Gasteiger partial charge in [0.15, 0.2) is 0 Å². The van der Waals surface area contributed by atoms with E-state index in [-0.39, 0.29) is 11.7 Å². The summed E-state index contributed by atoms with van der Waals surface area (Å²) in [6, 6.07) is 0. The number of aromatic amines is 1. The molecule has 0 aliphatic rings. The summed E-state index contributed by atoms with van der Waals surface area (Å²) in [7, 11) is 1.59. The number of aromatic nitrogens is 2. The quantitative estimate of drug-likeness (QED) is 0.926. The molecular weight excluding hydrogens is 272 g/mol. The molecule has 1 rings (SSSR count). The van der Waals surface area contributed by atoms with Crippen LogP contribution in [0.15, 0.2) is 9.27 Å². The van der Waals surface area contributed by atoms with E-state index in [4.69, 9.17) is 4.74 Å². The molecule has 0 aliphatic carbocycles. The van der Waals surface area contributed by atoms with Crippen molar-refractivity contribution in [2.75, 3.05) is 7.11 Å². The van der Waals surface area contributed by atoms with Crippen molar-refractivity contribution in [1.82, 2.24) is 9.97 Å². The van der Waals surface area contributed by atoms with Crippen LogP contribution in [0.3, 0.4) is 0 Å². The number of hydrogen-bond acceptors (Lipinski definition) is 3. The topological polar surface area (TPSA) is 55.0 Å². The van der Waals surface area contributed by atoms with Gasteiger partial charge in [-0.3, -0.25) is 4.79 Å². The lowest BCUT2D eigenvalue weighted by atomic mass is 10.1. The molecule has 16 heavy (non-hydrogen) atoms. The summed E-state index contributed by atoms with van der Waals surface area (Å²) in [5, 5.41) is 0. The van der Waals surface area contributed by atoms with E-state index in [2.05, 4.69) is 39.7 Å². The summed E-state index contributed by atoms with van der Waals surface area (Å²) in [6.07, 6.45) is 0.570. The van der Waals surface area contributed by atoms with Gasteiger partial charge in [-0.15, -0.1) is 0 Å². The average molecular weight is 289 g/mol. The molecule has 90 valence electrons. The Kier molecular flexibility index (Phi) is 4.68. The molecule has 1 aromatic rings. The standard InChI is InChI=1S/C11H17BrN2O2/c1-6(2)5-8-9(12)11(15)14-10(13-8)7(3)16-4/h6-7H,5H2,1-4H3,(H,13,14,15). The molecular formula is C11H17BrN2O2. The second-order valence-corrected chi connectivity index (χ2v) is 4.98. The molecule has 0 aromatic carbocycles. The van der Waals surface area contributed by atoms with Crippen LogP contribution in [0.4, 0.5) is 0 Å². The third-order valence-corrected chi connectivity index (χ3v) is 3.11. The monoisotopic (exact) mass is 288 g/mol. The predicted molar refractivity (Wildman–Crippen MR) is 66.5 cm³/mol. The Balaban J connectivity index is 3.17. The summed E-state index contributed by atoms with van der Waals surface area (Å²) < 4.78 is 5.66. The lowest BCUT2D eigenvalue weighted by Crippen LogP contribution is -2.18. The Morgan fingerprint density at radius 2 is 2.06 bits per heavy atom. The molecule has 4 nitrogen and oxygen atoms in total. The molecule has 0 spiro atoms. The largest absolute Gasteiger partial charge is 0.374 e. The Bertz CT molecular complexity index is 415. The number of H-pyrrole nitrogens is 1. The predicted octanol–water partition coefficient (Wildman–Crippen LogP) is 2.44. The number of rotatable bonds is 4. The van der Waals surface area contributed by atoms with Crippen molar-refractivity contribution in [3.05, 3.63) is 26.3 Å². The van der Waals surface area contributed by atoms with Gasteiger partial charge in [-0.1, -0.05) is 13.8 Å². The van der Waals surface area contributed by atoms with Gasteiger partial charge in [0.25, 0.3) is 5.56 Å². The highest BCUT2D eigenvalue weighted by atomic mass is 79.9. The second-order valence-electron chi connectivity index (χ2n) is 4.19. The molecule has 1 N–H and O–H groups in total. The fraction of sp³-hybridized carbons (Fsp3) is 0.636. The first kappa shape index (κ1) is 13.4. The minimum atomic E-state index is -0.202. The summed E-state index contributed by atoms with van der Waals surface area (Å²) in [6.45, 7) is 6.04. The molecule has 1 atom stereocenters. The summed E-state index contributed by atoms with van der Waals surface area (Å²) >= 11 is 3.27. The minimum Gasteiger partial charge on any atom is -0.374 e. The molecule has 0 fully saturated rings. The molecule has 0 bridgehead atoms. The molecule has 0 saturated carbocycles. The molecule has 0 amide bonds. The van der Waals surface area contributed by atoms with E-state index in [0.717, 1.165) is 12.1 Å². The Morgan fingerprint density at radius 3 is 2.56 bits per heavy atom. The third-order valence-electron chi connectivity index (χ3n) is 2.29. The van der Waals surface area contributed by atoms with Crippen LogP contribution in [0.5, 0.6) is 0 Å². The maximum Gasteiger partial charge on any atom is 0.265 e. The SMILES string of the molecule is COC(C)c1nc(CC(C)C)c(Br)c(=O)[nH]1. The Morgan fingerprint density at radius 1 is 1.44 bits per heavy atom. The molecule has 1 heterocycles. The highest BCUT2D eigenvalue weighted by Crippen LogP contribution is 2.17. The van der Waals surface area contributed by atoms with Crippen LogP contribution in [-0.4, -0.2) is 17.1 Å². The highest BCUT2D eigenvalue weighted by Gasteiger charge is 2.13. The fourth-order valence-electron chi connectivity index (χ4n) is 1.35. The van der Waals surface area contributed by atoms with Gasteiger partial charge in [0.05, 0.1) is 5.69 Å². The highest BCUT2D eigenvalue weighted by molar-refractivity contribution is 9.10. The maximum atomic E-state index is 11.7. The molecule has 0 aliphatic heterocycles. The van der Waals surface area contributed by atoms with Gasteiger partial charge in [-0.25, -0.2) is 4.98 Å². The lowest BCUT2D eigenvalue weighted by Gasteiger charge is -2.12. The normalized spacial score (nSPS) is 13.1. The van der Waals surface area contributed by atoms with Gasteiger partial charge in [-0.2, -0.15) is 0 Å². The summed E-state index contributed by atoms with van der Waals surface area (Å²) in [5.41, 5.74) is 0.641. The summed E-state index contributed by atoms with van der Waals surface area (Å²) in [5.74, 6) is 1.03. The van der Waals surface area contributed by atoms with Gasteiger partial charge in [0, 0.05) is 7.11 Å². The van der Waals surface area contributed by atoms with Crippen LogP contribution in [0, 0.1) is 5.92 Å². The molecule has 1 aromatic heterocycles. The van der Waals surface area contributed by atoms with Gasteiger partial charge in [0.1, 0.15) is 16.4 Å². The molecule has 5 heteroatoms. The van der Waals surface area contributed by atoms with E-state index in [9.17, 15) is 4.79 Å². The first-order valence-corrected chi connectivity index (χ1v) is 6.06. The molecule has 1 unspecified atom stereocenters. The van der Waals surface area contributed by atoms with E-state index in [1.807, 2.05) is 6.92 Å². The molecule has 0 radical (unpaired) electrons. The van der Waals surface area contributed by atoms with Crippen LogP contribution in [-0.2, 0) is 11.2 Å². The minimum absolute atomic E-state index is 0.149. The van der Waals surface area contributed by atoms with Gasteiger partial charge < -0.3 is 9.72 Å². The van der Waals surface area contributed by atoms with Crippen molar-refractivity contribution in [2.24, 2.45) is 5.92 Å². The number of methoxy groups -OCH3 is 1. The van der Waals surface area contributed by atoms with Gasteiger partial charge >= 0.3 is 0 Å². The van der Waals surface area contributed by atoms with Crippen LogP contribution < -0.4 is 5.56 Å². The first-order valence-electron chi connectivity index (χ1n) is 5.27. The van der Waals surface area contributed by atoms with Gasteiger partial charge in [-0.05, 0) is 35.2 Å². The van der Waals surface area contributed by atoms with Crippen LogP contribution in [0.2, 0.25) is 0 Å². The maximum absolute atomic E-state index is 11.7. The van der Waals surface area contributed by atoms with Crippen molar-refractivity contribution in [3.63, 3.8) is 0 Å². The number of halogens is 1. The van der Waals surface area contributed by atoms with Gasteiger partial charge in [0.2, 0.25) is 0 Å². The zero-order chi connectivity index (χ0) is 12.3. The number of nitrogens with one attached hydrogen (secondary N) is 1. The number of ether oxygens (including phenoxy) is 1. The van der Waals surface area contributed by atoms with Crippen molar-refractivity contribution in [1.29, 1.82) is 0 Å². The Hall–Kier alpha value is -0.680. The van der Waals surface area contributed by atoms with Crippen LogP contribution in [0.1, 0.15) is 38.4 Å². The lowest BCUT2D eigenvalue weighted by molar-refractivity contribution is 0.111. The third kappa shape index (κ3) is 3.15. The van der Waals surface area contributed by atoms with E-state index in [1.165, 1.54) is 0 Å². The smallest absolute Gasteiger partial charge is 0.265 e. The van der Waals surface area contributed by atoms with Crippen molar-refractivity contribution >= 4 is 15.9 Å². The average Bonchev–Trinajstić information content (AvgIpc) is 2.22. The number of nitrogens with zero attached hydrogens (tertiary/aromatic N) is 1. The second kappa shape index (κ2) is 5.59. The van der Waals surface area contributed by atoms with E-state index < -0.39 is 0 Å². The van der Waals surface area contributed by atoms with E-state index in [1.54, 1.807) is 7.11 Å². The van der Waals surface area contributed by atoms with E-state index >= 15 is 0 Å². The Labute approximate surface area is 104 Å². The molecule has 0 saturated heterocycles. The van der Waals surface area contributed by atoms with Crippen molar-refractivity contribution in [2.45, 2.75) is 33.3 Å². The zero-order valence-electron chi connectivity index (χ0n) is 10.0. The van der Waals surface area contributed by atoms with Crippen molar-refractivity contribution < 1.29 is 4.74 Å². The van der Waals surface area contributed by atoms with E-state index in [0.29, 0.717) is 16.2 Å². The summed E-state index contributed by atoms with van der Waals surface area (Å²) in [4.78, 5) is 18.8. The van der Waals surface area contributed by atoms with Crippen molar-refractivity contribution in [3.8, 4) is 0 Å². The fourth-order valence-corrected chi connectivity index (χ4v) is 1.70. The first-order chi connectivity index (χ1) is 7.45. The van der Waals surface area contributed by atoms with Crippen LogP contribution >= 0.6 is 15.9 Å². The number of hydrogen-bond donors (Lipinski definition) is 1. The zero-order valence-corrected chi connectivity index (χ0v) is 11.6.